The zero-order valence-corrected chi connectivity index (χ0v) is 17.0. The number of amides is 2. The zero-order valence-electron chi connectivity index (χ0n) is 15.3. The molecule has 146 valence electrons. The molecule has 8 nitrogen and oxygen atoms in total. The molecule has 0 saturated heterocycles. The Hall–Kier alpha value is -3.24. The summed E-state index contributed by atoms with van der Waals surface area (Å²) in [5, 5.41) is 10.9. The van der Waals surface area contributed by atoms with E-state index in [9.17, 15) is 9.59 Å². The lowest BCUT2D eigenvalue weighted by Gasteiger charge is -2.00. The summed E-state index contributed by atoms with van der Waals surface area (Å²) >= 11 is 2.60. The third kappa shape index (κ3) is 4.79. The lowest BCUT2D eigenvalue weighted by molar-refractivity contribution is -0.114. The number of thioether (sulfide) groups is 1. The summed E-state index contributed by atoms with van der Waals surface area (Å²) in [6.07, 6.45) is 1.62. The maximum atomic E-state index is 12.3. The first-order chi connectivity index (χ1) is 14.1. The number of hydrogen-bond donors (Lipinski definition) is 2. The van der Waals surface area contributed by atoms with Gasteiger partial charge in [0, 0.05) is 12.6 Å². The number of nitrogens with one attached hydrogen (secondary N) is 2. The van der Waals surface area contributed by atoms with Crippen molar-refractivity contribution in [3.05, 3.63) is 54.9 Å². The van der Waals surface area contributed by atoms with Gasteiger partial charge >= 0.3 is 0 Å². The molecule has 10 heteroatoms. The maximum absolute atomic E-state index is 12.3. The number of nitrogens with zero attached hydrogens (tertiary/aromatic N) is 4. The predicted octanol–water partition coefficient (Wildman–Crippen LogP) is 3.57. The number of benzene rings is 2. The normalized spacial score (nSPS) is 10.8. The molecule has 0 aliphatic rings. The molecule has 29 heavy (non-hydrogen) atoms. The van der Waals surface area contributed by atoms with Crippen LogP contribution in [-0.2, 0) is 9.59 Å². The average Bonchev–Trinajstić information content (AvgIpc) is 3.33. The first kappa shape index (κ1) is 19.1. The molecule has 0 bridgehead atoms. The topological polar surface area (TPSA) is 102 Å². The van der Waals surface area contributed by atoms with Gasteiger partial charge in [-0.2, -0.15) is 0 Å². The Bertz CT molecular complexity index is 1170. The molecule has 0 atom stereocenters. The van der Waals surface area contributed by atoms with Crippen LogP contribution in [-0.4, -0.2) is 37.3 Å². The van der Waals surface area contributed by atoms with Crippen molar-refractivity contribution in [3.63, 3.8) is 0 Å². The molecule has 0 aliphatic carbocycles. The molecule has 0 radical (unpaired) electrons. The van der Waals surface area contributed by atoms with Crippen LogP contribution in [0.1, 0.15) is 6.92 Å². The summed E-state index contributed by atoms with van der Waals surface area (Å²) in [4.78, 5) is 32.1. The highest BCUT2D eigenvalue weighted by Gasteiger charge is 2.11. The predicted molar refractivity (Wildman–Crippen MR) is 115 cm³/mol. The summed E-state index contributed by atoms with van der Waals surface area (Å²) in [6, 6.07) is 15.1. The molecule has 0 saturated carbocycles. The minimum Gasteiger partial charge on any atom is -0.326 e. The van der Waals surface area contributed by atoms with Gasteiger partial charge in [0.2, 0.25) is 17.0 Å². The largest absolute Gasteiger partial charge is 0.326 e. The number of para-hydroxylation sites is 1. The lowest BCUT2D eigenvalue weighted by Crippen LogP contribution is -2.13. The van der Waals surface area contributed by atoms with Crippen LogP contribution < -0.4 is 10.6 Å². The second-order valence-electron chi connectivity index (χ2n) is 6.03. The van der Waals surface area contributed by atoms with E-state index in [2.05, 4.69) is 25.7 Å². The molecular formula is C19H16N6O2S2. The Morgan fingerprint density at radius 2 is 1.97 bits per heavy atom. The van der Waals surface area contributed by atoms with Crippen molar-refractivity contribution in [2.45, 2.75) is 12.1 Å². The van der Waals surface area contributed by atoms with Gasteiger partial charge in [0.25, 0.3) is 0 Å². The molecule has 0 spiro atoms. The number of aromatic nitrogens is 4. The molecule has 2 aromatic heterocycles. The van der Waals surface area contributed by atoms with Crippen LogP contribution in [0.4, 0.5) is 10.8 Å². The number of carbonyl (C=O) groups excluding carboxylic acids is 2. The van der Waals surface area contributed by atoms with Gasteiger partial charge in [-0.3, -0.25) is 9.59 Å². The van der Waals surface area contributed by atoms with Gasteiger partial charge in [-0.1, -0.05) is 41.3 Å². The highest BCUT2D eigenvalue weighted by molar-refractivity contribution is 7.99. The van der Waals surface area contributed by atoms with E-state index in [1.807, 2.05) is 42.5 Å². The molecule has 2 aromatic carbocycles. The van der Waals surface area contributed by atoms with Crippen LogP contribution in [0, 0.1) is 0 Å². The van der Waals surface area contributed by atoms with E-state index in [0.717, 1.165) is 15.9 Å². The van der Waals surface area contributed by atoms with Gasteiger partial charge in [-0.05, 0) is 30.3 Å². The Morgan fingerprint density at radius 3 is 2.76 bits per heavy atom. The number of carbonyl (C=O) groups is 2. The van der Waals surface area contributed by atoms with Crippen LogP contribution in [0.3, 0.4) is 0 Å². The Morgan fingerprint density at radius 1 is 1.14 bits per heavy atom. The van der Waals surface area contributed by atoms with Gasteiger partial charge in [0.05, 0.1) is 21.7 Å². The monoisotopic (exact) mass is 424 g/mol. The van der Waals surface area contributed by atoms with Crippen molar-refractivity contribution in [3.8, 4) is 5.69 Å². The minimum atomic E-state index is -0.188. The molecule has 2 amide bonds. The van der Waals surface area contributed by atoms with Crippen molar-refractivity contribution in [1.82, 2.24) is 19.7 Å². The van der Waals surface area contributed by atoms with Gasteiger partial charge in [-0.25, -0.2) is 14.6 Å². The summed E-state index contributed by atoms with van der Waals surface area (Å²) < 4.78 is 2.54. The first-order valence-electron chi connectivity index (χ1n) is 8.65. The van der Waals surface area contributed by atoms with Gasteiger partial charge < -0.3 is 10.6 Å². The fraction of sp³-hybridized carbons (Fsp3) is 0.105. The zero-order chi connectivity index (χ0) is 20.2. The molecule has 4 rings (SSSR count). The van der Waals surface area contributed by atoms with Crippen molar-refractivity contribution in [2.24, 2.45) is 0 Å². The van der Waals surface area contributed by atoms with E-state index in [0.29, 0.717) is 16.0 Å². The molecule has 0 fully saturated rings. The van der Waals surface area contributed by atoms with E-state index >= 15 is 0 Å². The molecular weight excluding hydrogens is 408 g/mol. The van der Waals surface area contributed by atoms with E-state index in [1.54, 1.807) is 17.1 Å². The quantitative estimate of drug-likeness (QED) is 0.459. The highest BCUT2D eigenvalue weighted by Crippen LogP contribution is 2.28. The fourth-order valence-electron chi connectivity index (χ4n) is 2.56. The average molecular weight is 425 g/mol. The molecule has 2 N–H and O–H groups in total. The molecule has 2 heterocycles. The van der Waals surface area contributed by atoms with Crippen LogP contribution in [0.2, 0.25) is 0 Å². The van der Waals surface area contributed by atoms with Crippen LogP contribution in [0.5, 0.6) is 0 Å². The Balaban J connectivity index is 1.36. The van der Waals surface area contributed by atoms with Crippen LogP contribution in [0.15, 0.2) is 60.0 Å². The molecule has 0 aliphatic heterocycles. The second kappa shape index (κ2) is 8.41. The summed E-state index contributed by atoms with van der Waals surface area (Å²) in [6.45, 7) is 1.46. The highest BCUT2D eigenvalue weighted by atomic mass is 32.2. The van der Waals surface area contributed by atoms with Crippen molar-refractivity contribution in [2.75, 3.05) is 16.4 Å². The van der Waals surface area contributed by atoms with Crippen LogP contribution in [0.25, 0.3) is 15.9 Å². The van der Waals surface area contributed by atoms with Crippen molar-refractivity contribution in [1.29, 1.82) is 0 Å². The van der Waals surface area contributed by atoms with E-state index < -0.39 is 0 Å². The van der Waals surface area contributed by atoms with Gasteiger partial charge in [0.15, 0.2) is 5.13 Å². The summed E-state index contributed by atoms with van der Waals surface area (Å²) in [5.41, 5.74) is 2.36. The van der Waals surface area contributed by atoms with Gasteiger partial charge in [-0.15, -0.1) is 5.10 Å². The smallest absolute Gasteiger partial charge is 0.236 e. The minimum absolute atomic E-state index is 0.136. The van der Waals surface area contributed by atoms with E-state index in [1.165, 1.54) is 30.0 Å². The number of anilines is 2. The summed E-state index contributed by atoms with van der Waals surface area (Å²) in [7, 11) is 0. The number of rotatable bonds is 6. The number of fused-ring (bicyclic) bond motifs is 1. The Kier molecular flexibility index (Phi) is 5.54. The lowest BCUT2D eigenvalue weighted by atomic mass is 10.3. The maximum Gasteiger partial charge on any atom is 0.236 e. The standard InChI is InChI=1S/C19H16N6O2S2/c1-12(26)21-13-7-8-15-16(9-13)29-19(22-15)23-17(27)10-28-18-20-11-25(24-18)14-5-3-2-4-6-14/h2-9,11H,10H2,1H3,(H,21,26)(H,22,23,27). The van der Waals surface area contributed by atoms with Crippen molar-refractivity contribution >= 4 is 55.9 Å². The van der Waals surface area contributed by atoms with Crippen LogP contribution >= 0.6 is 23.1 Å². The molecule has 4 aromatic rings. The second-order valence-corrected chi connectivity index (χ2v) is 8.00. The van der Waals surface area contributed by atoms with Crippen molar-refractivity contribution < 1.29 is 9.59 Å². The SMILES string of the molecule is CC(=O)Nc1ccc2nc(NC(=O)CSc3ncn(-c4ccccc4)n3)sc2c1. The fourth-order valence-corrected chi connectivity index (χ4v) is 4.08. The summed E-state index contributed by atoms with van der Waals surface area (Å²) in [5.74, 6) is -0.152. The van der Waals surface area contributed by atoms with E-state index in [4.69, 9.17) is 0 Å². The molecule has 0 unspecified atom stereocenters. The van der Waals surface area contributed by atoms with E-state index in [-0.39, 0.29) is 17.6 Å². The first-order valence-corrected chi connectivity index (χ1v) is 10.4. The number of hydrogen-bond acceptors (Lipinski definition) is 7. The van der Waals surface area contributed by atoms with Gasteiger partial charge in [0.1, 0.15) is 6.33 Å². The Labute approximate surface area is 174 Å². The third-order valence-corrected chi connectivity index (χ3v) is 5.56. The number of thiazole rings is 1. The third-order valence-electron chi connectivity index (χ3n) is 3.78.